The van der Waals surface area contributed by atoms with Crippen LogP contribution in [0.3, 0.4) is 0 Å². The highest BCUT2D eigenvalue weighted by molar-refractivity contribution is 7.89. The Labute approximate surface area is 127 Å². The van der Waals surface area contributed by atoms with Crippen molar-refractivity contribution in [3.05, 3.63) is 24.3 Å². The molecule has 1 aliphatic rings. The first kappa shape index (κ1) is 16.3. The highest BCUT2D eigenvalue weighted by Gasteiger charge is 2.19. The van der Waals surface area contributed by atoms with Crippen LogP contribution < -0.4 is 10.0 Å². The maximum Gasteiger partial charge on any atom is 0.242 e. The topological polar surface area (TPSA) is 67.4 Å². The second-order valence-corrected chi connectivity index (χ2v) is 7.07. The molecule has 21 heavy (non-hydrogen) atoms. The molecule has 2 N–H and O–H groups in total. The van der Waals surface area contributed by atoms with Gasteiger partial charge in [0.2, 0.25) is 10.0 Å². The Morgan fingerprint density at radius 3 is 2.67 bits per heavy atom. The normalized spacial score (nSPS) is 16.8. The van der Waals surface area contributed by atoms with Crippen LogP contribution in [-0.4, -0.2) is 34.7 Å². The lowest BCUT2D eigenvalue weighted by Crippen LogP contribution is -2.27. The van der Waals surface area contributed by atoms with E-state index in [-0.39, 0.29) is 0 Å². The Kier molecular flexibility index (Phi) is 6.02. The molecule has 0 aliphatic carbocycles. The summed E-state index contributed by atoms with van der Waals surface area (Å²) in [7, 11) is -3.44. The van der Waals surface area contributed by atoms with Gasteiger partial charge in [0.15, 0.2) is 0 Å². The molecule has 0 aromatic heterocycles. The second kappa shape index (κ2) is 7.77. The van der Waals surface area contributed by atoms with Gasteiger partial charge in [-0.1, -0.05) is 19.1 Å². The first-order valence-electron chi connectivity index (χ1n) is 7.54. The number of nitrogens with one attached hydrogen (secondary N) is 2. The predicted octanol–water partition coefficient (Wildman–Crippen LogP) is 2.21. The molecule has 1 aromatic carbocycles. The van der Waals surface area contributed by atoms with Crippen molar-refractivity contribution in [1.82, 2.24) is 4.72 Å². The van der Waals surface area contributed by atoms with Gasteiger partial charge in [0.05, 0.1) is 5.69 Å². The molecule has 6 heteroatoms. The Balaban J connectivity index is 2.05. The van der Waals surface area contributed by atoms with Gasteiger partial charge in [-0.2, -0.15) is 0 Å². The lowest BCUT2D eigenvalue weighted by atomic mass is 10.0. The van der Waals surface area contributed by atoms with Crippen molar-refractivity contribution >= 4 is 15.7 Å². The highest BCUT2D eigenvalue weighted by atomic mass is 32.2. The zero-order chi connectivity index (χ0) is 15.1. The molecule has 0 unspecified atom stereocenters. The zero-order valence-corrected chi connectivity index (χ0v) is 13.3. The van der Waals surface area contributed by atoms with Crippen molar-refractivity contribution in [3.8, 4) is 0 Å². The van der Waals surface area contributed by atoms with Crippen LogP contribution in [0.2, 0.25) is 0 Å². The monoisotopic (exact) mass is 312 g/mol. The first-order valence-corrected chi connectivity index (χ1v) is 9.02. The smallest absolute Gasteiger partial charge is 0.242 e. The van der Waals surface area contributed by atoms with Crippen LogP contribution in [-0.2, 0) is 14.8 Å². The van der Waals surface area contributed by atoms with E-state index in [1.165, 1.54) is 0 Å². The van der Waals surface area contributed by atoms with E-state index in [9.17, 15) is 8.42 Å². The summed E-state index contributed by atoms with van der Waals surface area (Å²) in [4.78, 5) is 0.325. The molecule has 1 heterocycles. The fraction of sp³-hybridized carbons (Fsp3) is 0.600. The molecule has 1 aromatic rings. The standard InChI is InChI=1S/C15H24N2O3S/c1-2-9-17-21(18,19)15-6-4-3-5-14(15)16-12-13-7-10-20-11-8-13/h3-6,13,16-17H,2,7-12H2,1H3. The zero-order valence-electron chi connectivity index (χ0n) is 12.5. The number of para-hydroxylation sites is 1. The summed E-state index contributed by atoms with van der Waals surface area (Å²) in [6.07, 6.45) is 2.82. The minimum atomic E-state index is -3.44. The fourth-order valence-electron chi connectivity index (χ4n) is 2.37. The van der Waals surface area contributed by atoms with Gasteiger partial charge in [-0.25, -0.2) is 13.1 Å². The maximum atomic E-state index is 12.3. The van der Waals surface area contributed by atoms with Gasteiger partial charge >= 0.3 is 0 Å². The van der Waals surface area contributed by atoms with Gasteiger partial charge in [0, 0.05) is 26.3 Å². The summed E-state index contributed by atoms with van der Waals surface area (Å²) >= 11 is 0. The molecular weight excluding hydrogens is 288 g/mol. The van der Waals surface area contributed by atoms with Gasteiger partial charge in [0.25, 0.3) is 0 Å². The average molecular weight is 312 g/mol. The maximum absolute atomic E-state index is 12.3. The van der Waals surface area contributed by atoms with Gasteiger partial charge < -0.3 is 10.1 Å². The van der Waals surface area contributed by atoms with E-state index in [0.717, 1.165) is 39.0 Å². The van der Waals surface area contributed by atoms with Gasteiger partial charge in [0.1, 0.15) is 4.90 Å². The number of rotatable bonds is 7. The predicted molar refractivity (Wildman–Crippen MR) is 84.0 cm³/mol. The van der Waals surface area contributed by atoms with E-state index in [4.69, 9.17) is 4.74 Å². The van der Waals surface area contributed by atoms with Crippen LogP contribution in [0.15, 0.2) is 29.2 Å². The third-order valence-corrected chi connectivity index (χ3v) is 5.16. The summed E-state index contributed by atoms with van der Waals surface area (Å²) in [5.74, 6) is 0.540. The second-order valence-electron chi connectivity index (χ2n) is 5.33. The number of ether oxygens (including phenoxy) is 1. The van der Waals surface area contributed by atoms with Crippen molar-refractivity contribution in [1.29, 1.82) is 0 Å². The SMILES string of the molecule is CCCNS(=O)(=O)c1ccccc1NCC1CCOCC1. The highest BCUT2D eigenvalue weighted by Crippen LogP contribution is 2.22. The van der Waals surface area contributed by atoms with Crippen LogP contribution in [0.4, 0.5) is 5.69 Å². The lowest BCUT2D eigenvalue weighted by molar-refractivity contribution is 0.0699. The van der Waals surface area contributed by atoms with Gasteiger partial charge in [-0.05, 0) is 37.3 Å². The van der Waals surface area contributed by atoms with Crippen molar-refractivity contribution < 1.29 is 13.2 Å². The molecule has 0 radical (unpaired) electrons. The van der Waals surface area contributed by atoms with Crippen LogP contribution in [0.25, 0.3) is 0 Å². The molecule has 0 spiro atoms. The van der Waals surface area contributed by atoms with Crippen LogP contribution in [0.1, 0.15) is 26.2 Å². The fourth-order valence-corrected chi connectivity index (χ4v) is 3.68. The summed E-state index contributed by atoms with van der Waals surface area (Å²) < 4.78 is 32.5. The molecule has 1 fully saturated rings. The molecule has 0 saturated carbocycles. The van der Waals surface area contributed by atoms with Crippen molar-refractivity contribution in [2.45, 2.75) is 31.1 Å². The number of sulfonamides is 1. The van der Waals surface area contributed by atoms with Crippen LogP contribution in [0, 0.1) is 5.92 Å². The number of anilines is 1. The Morgan fingerprint density at radius 1 is 1.24 bits per heavy atom. The molecule has 1 saturated heterocycles. The molecule has 118 valence electrons. The van der Waals surface area contributed by atoms with Gasteiger partial charge in [-0.3, -0.25) is 0 Å². The minimum Gasteiger partial charge on any atom is -0.384 e. The Bertz CT molecular complexity index is 540. The Morgan fingerprint density at radius 2 is 1.95 bits per heavy atom. The van der Waals surface area contributed by atoms with E-state index in [1.54, 1.807) is 12.1 Å². The summed E-state index contributed by atoms with van der Waals surface area (Å²) in [5.41, 5.74) is 0.674. The number of benzene rings is 1. The molecule has 1 aliphatic heterocycles. The quantitative estimate of drug-likeness (QED) is 0.810. The van der Waals surface area contributed by atoms with Gasteiger partial charge in [-0.15, -0.1) is 0 Å². The summed E-state index contributed by atoms with van der Waals surface area (Å²) in [5, 5.41) is 3.29. The average Bonchev–Trinajstić information content (AvgIpc) is 2.52. The van der Waals surface area contributed by atoms with Crippen LogP contribution >= 0.6 is 0 Å². The summed E-state index contributed by atoms with van der Waals surface area (Å²) in [6, 6.07) is 7.06. The molecule has 5 nitrogen and oxygen atoms in total. The molecule has 2 rings (SSSR count). The number of hydrogen-bond donors (Lipinski definition) is 2. The molecule has 0 amide bonds. The van der Waals surface area contributed by atoms with Crippen molar-refractivity contribution in [2.75, 3.05) is 31.6 Å². The summed E-state index contributed by atoms with van der Waals surface area (Å²) in [6.45, 7) is 4.77. The van der Waals surface area contributed by atoms with Crippen LogP contribution in [0.5, 0.6) is 0 Å². The van der Waals surface area contributed by atoms with E-state index < -0.39 is 10.0 Å². The third kappa shape index (κ3) is 4.69. The largest absolute Gasteiger partial charge is 0.384 e. The Hall–Kier alpha value is -1.11. The van der Waals surface area contributed by atoms with E-state index in [2.05, 4.69) is 10.0 Å². The van der Waals surface area contributed by atoms with E-state index in [1.807, 2.05) is 19.1 Å². The molecule has 0 atom stereocenters. The minimum absolute atomic E-state index is 0.325. The van der Waals surface area contributed by atoms with E-state index >= 15 is 0 Å². The number of hydrogen-bond acceptors (Lipinski definition) is 4. The van der Waals surface area contributed by atoms with E-state index in [0.29, 0.717) is 23.0 Å². The lowest BCUT2D eigenvalue weighted by Gasteiger charge is -2.23. The molecule has 0 bridgehead atoms. The van der Waals surface area contributed by atoms with Crippen molar-refractivity contribution in [3.63, 3.8) is 0 Å². The van der Waals surface area contributed by atoms with Crippen molar-refractivity contribution in [2.24, 2.45) is 5.92 Å². The first-order chi connectivity index (χ1) is 10.1. The third-order valence-electron chi connectivity index (χ3n) is 3.64. The molecular formula is C15H24N2O3S.